The summed E-state index contributed by atoms with van der Waals surface area (Å²) in [5.41, 5.74) is 0.909. The van der Waals surface area contributed by atoms with E-state index in [-0.39, 0.29) is 5.69 Å². The van der Waals surface area contributed by atoms with Crippen molar-refractivity contribution in [2.24, 2.45) is 4.99 Å². The highest BCUT2D eigenvalue weighted by atomic mass is 16.4. The molecular formula is C18H29N7O2. The molecule has 0 radical (unpaired) electrons. The van der Waals surface area contributed by atoms with Gasteiger partial charge >= 0.3 is 5.69 Å². The Labute approximate surface area is 158 Å². The van der Waals surface area contributed by atoms with Gasteiger partial charge in [0.05, 0.1) is 5.69 Å². The summed E-state index contributed by atoms with van der Waals surface area (Å²) in [5, 5.41) is 11.0. The van der Waals surface area contributed by atoms with Gasteiger partial charge in [0.2, 0.25) is 5.89 Å². The van der Waals surface area contributed by atoms with Crippen LogP contribution in [0.25, 0.3) is 0 Å². The predicted octanol–water partition coefficient (Wildman–Crippen LogP) is 1.13. The lowest BCUT2D eigenvalue weighted by atomic mass is 10.2. The molecule has 0 fully saturated rings. The lowest BCUT2D eigenvalue weighted by Gasteiger charge is -2.10. The van der Waals surface area contributed by atoms with E-state index in [1.807, 2.05) is 25.3 Å². The van der Waals surface area contributed by atoms with Gasteiger partial charge in [-0.25, -0.2) is 19.5 Å². The van der Waals surface area contributed by atoms with Crippen molar-refractivity contribution in [3.63, 3.8) is 0 Å². The third kappa shape index (κ3) is 4.78. The Kier molecular flexibility index (Phi) is 6.31. The number of nitrogens with one attached hydrogen (secondary N) is 2. The van der Waals surface area contributed by atoms with Crippen molar-refractivity contribution in [3.05, 3.63) is 33.7 Å². The van der Waals surface area contributed by atoms with Crippen molar-refractivity contribution >= 4 is 5.96 Å². The van der Waals surface area contributed by atoms with Crippen molar-refractivity contribution < 1.29 is 4.42 Å². The van der Waals surface area contributed by atoms with Crippen LogP contribution in [-0.4, -0.2) is 38.4 Å². The largest absolute Gasteiger partial charge is 0.444 e. The molecule has 0 aliphatic carbocycles. The molecule has 0 aromatic carbocycles. The highest BCUT2D eigenvalue weighted by Crippen LogP contribution is 2.10. The van der Waals surface area contributed by atoms with Gasteiger partial charge < -0.3 is 15.1 Å². The number of aryl methyl sites for hydroxylation is 4. The third-order valence-electron chi connectivity index (χ3n) is 4.66. The minimum atomic E-state index is 0.0138. The number of nitrogens with zero attached hydrogens (tertiary/aromatic N) is 5. The fourth-order valence-corrected chi connectivity index (χ4v) is 3.13. The van der Waals surface area contributed by atoms with E-state index in [9.17, 15) is 4.79 Å². The Morgan fingerprint density at radius 2 is 2.15 bits per heavy atom. The summed E-state index contributed by atoms with van der Waals surface area (Å²) >= 11 is 0. The molecule has 27 heavy (non-hydrogen) atoms. The average Bonchev–Trinajstić information content (AvgIpc) is 3.16. The molecule has 2 N–H and O–H groups in total. The van der Waals surface area contributed by atoms with Crippen LogP contribution >= 0.6 is 0 Å². The van der Waals surface area contributed by atoms with Gasteiger partial charge in [-0.05, 0) is 40.0 Å². The quantitative estimate of drug-likeness (QED) is 0.427. The van der Waals surface area contributed by atoms with Gasteiger partial charge in [0.15, 0.2) is 5.96 Å². The van der Waals surface area contributed by atoms with Crippen LogP contribution in [-0.2, 0) is 26.1 Å². The molecule has 0 saturated carbocycles. The lowest BCUT2D eigenvalue weighted by Crippen LogP contribution is -2.38. The standard InChI is InChI=1S/C18H29N7O2/c1-4-19-17(21-12-16-22-13(2)14(3)27-16)20-9-7-11-25-18(26)24-10-6-5-8-15(24)23-25/h4-12H2,1-3H3,(H2,19,20,21). The number of aromatic nitrogens is 4. The molecule has 1 aliphatic heterocycles. The maximum absolute atomic E-state index is 12.3. The van der Waals surface area contributed by atoms with Gasteiger partial charge in [0, 0.05) is 32.6 Å². The van der Waals surface area contributed by atoms with Crippen LogP contribution in [0.3, 0.4) is 0 Å². The highest BCUT2D eigenvalue weighted by Gasteiger charge is 2.16. The molecule has 0 unspecified atom stereocenters. The SMILES string of the molecule is CCNC(=NCc1nc(C)c(C)o1)NCCCn1nc2n(c1=O)CCCC2. The van der Waals surface area contributed by atoms with E-state index in [0.29, 0.717) is 31.5 Å². The summed E-state index contributed by atoms with van der Waals surface area (Å²) in [4.78, 5) is 21.2. The molecule has 2 aromatic heterocycles. The molecule has 1 aliphatic rings. The van der Waals surface area contributed by atoms with E-state index < -0.39 is 0 Å². The second-order valence-corrected chi connectivity index (χ2v) is 6.76. The number of fused-ring (bicyclic) bond motifs is 1. The van der Waals surface area contributed by atoms with Gasteiger partial charge in [0.25, 0.3) is 0 Å². The number of guanidine groups is 1. The zero-order chi connectivity index (χ0) is 19.2. The molecule has 0 saturated heterocycles. The minimum absolute atomic E-state index is 0.0138. The molecule has 9 heteroatoms. The first-order valence-corrected chi connectivity index (χ1v) is 9.70. The maximum atomic E-state index is 12.3. The summed E-state index contributed by atoms with van der Waals surface area (Å²) in [6, 6.07) is 0. The van der Waals surface area contributed by atoms with Crippen molar-refractivity contribution in [3.8, 4) is 0 Å². The molecule has 0 spiro atoms. The van der Waals surface area contributed by atoms with Crippen molar-refractivity contribution in [2.45, 2.75) is 66.1 Å². The van der Waals surface area contributed by atoms with Crippen LogP contribution in [0.5, 0.6) is 0 Å². The molecule has 3 heterocycles. The first-order valence-electron chi connectivity index (χ1n) is 9.70. The Balaban J connectivity index is 1.50. The third-order valence-corrected chi connectivity index (χ3v) is 4.66. The van der Waals surface area contributed by atoms with Crippen molar-refractivity contribution in [1.29, 1.82) is 0 Å². The van der Waals surface area contributed by atoms with Gasteiger partial charge in [-0.2, -0.15) is 5.10 Å². The van der Waals surface area contributed by atoms with Crippen LogP contribution in [0.1, 0.15) is 49.4 Å². The zero-order valence-electron chi connectivity index (χ0n) is 16.4. The molecule has 148 valence electrons. The first kappa shape index (κ1) is 19.2. The summed E-state index contributed by atoms with van der Waals surface area (Å²) < 4.78 is 8.95. The number of hydrogen-bond donors (Lipinski definition) is 2. The molecule has 0 amide bonds. The van der Waals surface area contributed by atoms with Crippen LogP contribution in [0.2, 0.25) is 0 Å². The number of aliphatic imine (C=N–C) groups is 1. The molecule has 0 atom stereocenters. The molecule has 2 aromatic rings. The first-order chi connectivity index (χ1) is 13.1. The summed E-state index contributed by atoms with van der Waals surface area (Å²) in [5.74, 6) is 3.07. The monoisotopic (exact) mass is 375 g/mol. The van der Waals surface area contributed by atoms with E-state index >= 15 is 0 Å². The molecule has 3 rings (SSSR count). The summed E-state index contributed by atoms with van der Waals surface area (Å²) in [6.45, 7) is 9.09. The Bertz CT molecular complexity index is 827. The second kappa shape index (κ2) is 8.88. The van der Waals surface area contributed by atoms with Gasteiger partial charge in [-0.1, -0.05) is 0 Å². The van der Waals surface area contributed by atoms with E-state index in [1.54, 1.807) is 4.68 Å². The van der Waals surface area contributed by atoms with E-state index in [4.69, 9.17) is 4.42 Å². The van der Waals surface area contributed by atoms with Crippen LogP contribution in [0.4, 0.5) is 0 Å². The second-order valence-electron chi connectivity index (χ2n) is 6.76. The highest BCUT2D eigenvalue weighted by molar-refractivity contribution is 5.79. The smallest absolute Gasteiger partial charge is 0.345 e. The Morgan fingerprint density at radius 1 is 1.30 bits per heavy atom. The van der Waals surface area contributed by atoms with E-state index in [1.165, 1.54) is 0 Å². The van der Waals surface area contributed by atoms with Crippen LogP contribution < -0.4 is 16.3 Å². The topological polar surface area (TPSA) is 102 Å². The van der Waals surface area contributed by atoms with Crippen molar-refractivity contribution in [1.82, 2.24) is 30.0 Å². The average molecular weight is 375 g/mol. The number of rotatable bonds is 7. The normalized spacial score (nSPS) is 14.3. The summed E-state index contributed by atoms with van der Waals surface area (Å²) in [7, 11) is 0. The van der Waals surface area contributed by atoms with E-state index in [0.717, 1.165) is 56.1 Å². The fraction of sp³-hybridized carbons (Fsp3) is 0.667. The fourth-order valence-electron chi connectivity index (χ4n) is 3.13. The Morgan fingerprint density at radius 3 is 2.85 bits per heavy atom. The lowest BCUT2D eigenvalue weighted by molar-refractivity contribution is 0.472. The van der Waals surface area contributed by atoms with Gasteiger partial charge in [0.1, 0.15) is 18.1 Å². The summed E-state index contributed by atoms with van der Waals surface area (Å²) in [6.07, 6.45) is 3.87. The number of oxazole rings is 1. The zero-order valence-corrected chi connectivity index (χ0v) is 16.4. The maximum Gasteiger partial charge on any atom is 0.345 e. The van der Waals surface area contributed by atoms with Gasteiger partial charge in [-0.3, -0.25) is 4.57 Å². The van der Waals surface area contributed by atoms with Crippen molar-refractivity contribution in [2.75, 3.05) is 13.1 Å². The van der Waals surface area contributed by atoms with Crippen LogP contribution in [0, 0.1) is 13.8 Å². The molecule has 9 nitrogen and oxygen atoms in total. The number of hydrogen-bond acceptors (Lipinski definition) is 5. The molecular weight excluding hydrogens is 346 g/mol. The Hall–Kier alpha value is -2.58. The van der Waals surface area contributed by atoms with Gasteiger partial charge in [-0.15, -0.1) is 0 Å². The molecule has 0 bridgehead atoms. The minimum Gasteiger partial charge on any atom is -0.444 e. The van der Waals surface area contributed by atoms with Crippen LogP contribution in [0.15, 0.2) is 14.2 Å². The van der Waals surface area contributed by atoms with E-state index in [2.05, 4.69) is 25.7 Å². The predicted molar refractivity (Wildman–Crippen MR) is 103 cm³/mol.